The Morgan fingerprint density at radius 2 is 1.88 bits per heavy atom. The minimum absolute atomic E-state index is 0.0899. The van der Waals surface area contributed by atoms with Crippen molar-refractivity contribution in [2.75, 3.05) is 5.32 Å². The Bertz CT molecular complexity index is 802. The van der Waals surface area contributed by atoms with Crippen molar-refractivity contribution in [2.24, 2.45) is 11.0 Å². The first-order valence-electron chi connectivity index (χ1n) is 8.34. The van der Waals surface area contributed by atoms with Crippen LogP contribution in [0.25, 0.3) is 0 Å². The van der Waals surface area contributed by atoms with E-state index in [2.05, 4.69) is 15.8 Å². The van der Waals surface area contributed by atoms with Crippen LogP contribution in [0.4, 0.5) is 5.69 Å². The summed E-state index contributed by atoms with van der Waals surface area (Å²) in [6, 6.07) is 9.02. The van der Waals surface area contributed by atoms with Crippen LogP contribution in [0.15, 0.2) is 46.1 Å². The second kappa shape index (κ2) is 7.34. The molecule has 1 aliphatic carbocycles. The Hall–Kier alpha value is -2.89. The maximum atomic E-state index is 12.0. The van der Waals surface area contributed by atoms with E-state index in [9.17, 15) is 9.59 Å². The molecule has 0 spiro atoms. The molecule has 0 atom stereocenters. The molecule has 1 saturated carbocycles. The number of benzene rings is 1. The Kier molecular flexibility index (Phi) is 4.97. The molecular weight excluding hydrogens is 318 g/mol. The Morgan fingerprint density at radius 1 is 1.16 bits per heavy atom. The number of amides is 2. The number of rotatable bonds is 5. The van der Waals surface area contributed by atoms with Gasteiger partial charge in [-0.15, -0.1) is 0 Å². The van der Waals surface area contributed by atoms with Gasteiger partial charge in [-0.2, -0.15) is 5.10 Å². The van der Waals surface area contributed by atoms with Gasteiger partial charge in [0.15, 0.2) is 0 Å². The molecule has 0 aliphatic heterocycles. The highest BCUT2D eigenvalue weighted by Crippen LogP contribution is 2.27. The zero-order valence-corrected chi connectivity index (χ0v) is 14.3. The molecule has 2 amide bonds. The van der Waals surface area contributed by atoms with Gasteiger partial charge < -0.3 is 9.73 Å². The largest absolute Gasteiger partial charge is 0.469 e. The molecule has 1 aliphatic rings. The Labute approximate surface area is 146 Å². The number of carbonyl (C=O) groups is 2. The molecule has 2 aromatic rings. The lowest BCUT2D eigenvalue weighted by Gasteiger charge is -2.24. The summed E-state index contributed by atoms with van der Waals surface area (Å²) in [5, 5.41) is 7.05. The summed E-state index contributed by atoms with van der Waals surface area (Å²) >= 11 is 0. The molecule has 1 heterocycles. The molecule has 25 heavy (non-hydrogen) atoms. The number of nitrogens with zero attached hydrogens (tertiary/aromatic N) is 1. The minimum Gasteiger partial charge on any atom is -0.469 e. The van der Waals surface area contributed by atoms with Crippen LogP contribution >= 0.6 is 0 Å². The van der Waals surface area contributed by atoms with Crippen molar-refractivity contribution >= 4 is 23.2 Å². The molecule has 3 rings (SSSR count). The topological polar surface area (TPSA) is 83.7 Å². The van der Waals surface area contributed by atoms with Crippen LogP contribution in [-0.2, 0) is 4.79 Å². The summed E-state index contributed by atoms with van der Waals surface area (Å²) in [5.41, 5.74) is 5.29. The molecule has 0 bridgehead atoms. The first-order valence-corrected chi connectivity index (χ1v) is 8.34. The van der Waals surface area contributed by atoms with E-state index >= 15 is 0 Å². The second-order valence-electron chi connectivity index (χ2n) is 6.22. The SMILES string of the molecule is C/C(=N/NC(=O)c1ccoc1C)c1ccc(NC(=O)C2CCC2)cc1. The molecule has 2 N–H and O–H groups in total. The molecule has 0 saturated heterocycles. The fourth-order valence-electron chi connectivity index (χ4n) is 2.59. The Morgan fingerprint density at radius 3 is 2.44 bits per heavy atom. The van der Waals surface area contributed by atoms with Crippen molar-refractivity contribution < 1.29 is 14.0 Å². The molecular formula is C19H21N3O3. The molecule has 1 fully saturated rings. The smallest absolute Gasteiger partial charge is 0.274 e. The van der Waals surface area contributed by atoms with E-state index in [1.807, 2.05) is 31.2 Å². The maximum Gasteiger partial charge on any atom is 0.274 e. The molecule has 0 unspecified atom stereocenters. The zero-order chi connectivity index (χ0) is 17.8. The van der Waals surface area contributed by atoms with Crippen molar-refractivity contribution in [3.63, 3.8) is 0 Å². The maximum absolute atomic E-state index is 12.0. The van der Waals surface area contributed by atoms with Crippen molar-refractivity contribution in [1.82, 2.24) is 5.43 Å². The molecule has 1 aromatic carbocycles. The summed E-state index contributed by atoms with van der Waals surface area (Å²) < 4.78 is 5.11. The van der Waals surface area contributed by atoms with E-state index in [1.165, 1.54) is 6.26 Å². The van der Waals surface area contributed by atoms with E-state index in [0.29, 0.717) is 17.0 Å². The number of furan rings is 1. The lowest BCUT2D eigenvalue weighted by molar-refractivity contribution is -0.122. The molecule has 1 aromatic heterocycles. The molecule has 0 radical (unpaired) electrons. The number of anilines is 1. The summed E-state index contributed by atoms with van der Waals surface area (Å²) in [7, 11) is 0. The summed E-state index contributed by atoms with van der Waals surface area (Å²) in [5.74, 6) is 0.489. The number of aryl methyl sites for hydroxylation is 1. The molecule has 6 nitrogen and oxygen atoms in total. The van der Waals surface area contributed by atoms with Crippen LogP contribution in [0.2, 0.25) is 0 Å². The average molecular weight is 339 g/mol. The lowest BCUT2D eigenvalue weighted by Crippen LogP contribution is -2.28. The van der Waals surface area contributed by atoms with Crippen molar-refractivity contribution in [3.8, 4) is 0 Å². The van der Waals surface area contributed by atoms with Gasteiger partial charge >= 0.3 is 0 Å². The monoisotopic (exact) mass is 339 g/mol. The predicted octanol–water partition coefficient (Wildman–Crippen LogP) is 3.48. The number of hydrazone groups is 1. The molecule has 6 heteroatoms. The fraction of sp³-hybridized carbons (Fsp3) is 0.316. The summed E-state index contributed by atoms with van der Waals surface area (Å²) in [6.45, 7) is 3.53. The Balaban J connectivity index is 1.60. The van der Waals surface area contributed by atoms with E-state index in [1.54, 1.807) is 13.0 Å². The lowest BCUT2D eigenvalue weighted by atomic mass is 9.85. The second-order valence-corrected chi connectivity index (χ2v) is 6.22. The van der Waals surface area contributed by atoms with E-state index < -0.39 is 0 Å². The molecule has 130 valence electrons. The van der Waals surface area contributed by atoms with Gasteiger partial charge in [-0.3, -0.25) is 9.59 Å². The normalized spacial score (nSPS) is 14.7. The quantitative estimate of drug-likeness (QED) is 0.646. The van der Waals surface area contributed by atoms with Gasteiger partial charge in [0.1, 0.15) is 5.76 Å². The van der Waals surface area contributed by atoms with Crippen LogP contribution in [-0.4, -0.2) is 17.5 Å². The van der Waals surface area contributed by atoms with Gasteiger partial charge in [-0.25, -0.2) is 5.43 Å². The van der Waals surface area contributed by atoms with Crippen LogP contribution < -0.4 is 10.7 Å². The summed E-state index contributed by atoms with van der Waals surface area (Å²) in [4.78, 5) is 24.0. The summed E-state index contributed by atoms with van der Waals surface area (Å²) in [6.07, 6.45) is 4.56. The third-order valence-corrected chi connectivity index (χ3v) is 4.47. The van der Waals surface area contributed by atoms with Gasteiger partial charge in [0.25, 0.3) is 5.91 Å². The van der Waals surface area contributed by atoms with Crippen LogP contribution in [0.3, 0.4) is 0 Å². The number of hydrogen-bond acceptors (Lipinski definition) is 4. The van der Waals surface area contributed by atoms with Gasteiger partial charge in [0, 0.05) is 11.6 Å². The van der Waals surface area contributed by atoms with E-state index in [4.69, 9.17) is 4.42 Å². The van der Waals surface area contributed by atoms with Gasteiger partial charge in [-0.05, 0) is 50.5 Å². The van der Waals surface area contributed by atoms with Gasteiger partial charge in [0.05, 0.1) is 17.5 Å². The fourth-order valence-corrected chi connectivity index (χ4v) is 2.59. The first-order chi connectivity index (χ1) is 12.0. The third-order valence-electron chi connectivity index (χ3n) is 4.47. The highest BCUT2D eigenvalue weighted by Gasteiger charge is 2.25. The standard InChI is InChI=1S/C19H21N3O3/c1-12(21-22-19(24)17-10-11-25-13(17)2)14-6-8-16(9-7-14)20-18(23)15-4-3-5-15/h6-11,15H,3-5H2,1-2H3,(H,20,23)(H,22,24)/b21-12-. The van der Waals surface area contributed by atoms with E-state index in [-0.39, 0.29) is 17.7 Å². The van der Waals surface area contributed by atoms with Crippen molar-refractivity contribution in [3.05, 3.63) is 53.5 Å². The van der Waals surface area contributed by atoms with Gasteiger partial charge in [0.2, 0.25) is 5.91 Å². The van der Waals surface area contributed by atoms with Gasteiger partial charge in [-0.1, -0.05) is 18.6 Å². The predicted molar refractivity (Wildman–Crippen MR) is 95.5 cm³/mol. The van der Waals surface area contributed by atoms with Crippen LogP contribution in [0, 0.1) is 12.8 Å². The zero-order valence-electron chi connectivity index (χ0n) is 14.3. The average Bonchev–Trinajstić information content (AvgIpc) is 2.97. The highest BCUT2D eigenvalue weighted by atomic mass is 16.3. The van der Waals surface area contributed by atoms with Crippen molar-refractivity contribution in [1.29, 1.82) is 0 Å². The van der Waals surface area contributed by atoms with Crippen LogP contribution in [0.1, 0.15) is 47.9 Å². The van der Waals surface area contributed by atoms with Crippen molar-refractivity contribution in [2.45, 2.75) is 33.1 Å². The highest BCUT2D eigenvalue weighted by molar-refractivity contribution is 6.01. The van der Waals surface area contributed by atoms with E-state index in [0.717, 1.165) is 30.5 Å². The first kappa shape index (κ1) is 17.0. The minimum atomic E-state index is -0.310. The number of carbonyl (C=O) groups excluding carboxylic acids is 2. The number of hydrogen-bond donors (Lipinski definition) is 2. The third kappa shape index (κ3) is 3.96. The van der Waals surface area contributed by atoms with Crippen LogP contribution in [0.5, 0.6) is 0 Å². The number of nitrogens with one attached hydrogen (secondary N) is 2.